The van der Waals surface area contributed by atoms with Crippen LogP contribution in [0, 0.1) is 0 Å². The van der Waals surface area contributed by atoms with E-state index in [0.717, 1.165) is 11.4 Å². The predicted octanol–water partition coefficient (Wildman–Crippen LogP) is 2.20. The molecule has 0 radical (unpaired) electrons. The minimum atomic E-state index is -3.51. The second-order valence-electron chi connectivity index (χ2n) is 4.72. The van der Waals surface area contributed by atoms with Crippen molar-refractivity contribution in [1.82, 2.24) is 10.3 Å². The van der Waals surface area contributed by atoms with Crippen LogP contribution in [0.25, 0.3) is 0 Å². The number of nitrogens with one attached hydrogen (secondary N) is 2. The van der Waals surface area contributed by atoms with Gasteiger partial charge >= 0.3 is 0 Å². The number of anilines is 1. The summed E-state index contributed by atoms with van der Waals surface area (Å²) in [6, 6.07) is 7.49. The third-order valence-electron chi connectivity index (χ3n) is 2.96. The van der Waals surface area contributed by atoms with Crippen LogP contribution in [0.2, 0.25) is 0 Å². The summed E-state index contributed by atoms with van der Waals surface area (Å²) in [4.78, 5) is 4.92. The Kier molecular flexibility index (Phi) is 3.73. The highest BCUT2D eigenvalue weighted by Gasteiger charge is 2.21. The van der Waals surface area contributed by atoms with E-state index in [4.69, 9.17) is 0 Å². The minimum Gasteiger partial charge on any atom is -0.309 e. The second-order valence-corrected chi connectivity index (χ2v) is 7.80. The van der Waals surface area contributed by atoms with Crippen LogP contribution in [0.3, 0.4) is 0 Å². The highest BCUT2D eigenvalue weighted by Crippen LogP contribution is 2.25. The van der Waals surface area contributed by atoms with E-state index in [1.165, 1.54) is 30.4 Å². The standard InChI is InChI=1S/C13H15N3O2S2/c17-20(18,16-11-2-1-7-14-8-11)13-6-5-12(19-13)9-15-10-3-4-10/h1-2,5-8,10,15-16H,3-4,9H2. The molecule has 1 saturated carbocycles. The van der Waals surface area contributed by atoms with E-state index in [9.17, 15) is 8.42 Å². The molecule has 0 unspecified atom stereocenters. The number of thiophene rings is 1. The molecule has 7 heteroatoms. The molecule has 106 valence electrons. The number of nitrogens with zero attached hydrogens (tertiary/aromatic N) is 1. The van der Waals surface area contributed by atoms with Gasteiger partial charge in [0.2, 0.25) is 0 Å². The van der Waals surface area contributed by atoms with Gasteiger partial charge in [-0.25, -0.2) is 8.42 Å². The normalized spacial score (nSPS) is 15.2. The van der Waals surface area contributed by atoms with Crippen LogP contribution in [-0.4, -0.2) is 19.4 Å². The molecule has 5 nitrogen and oxygen atoms in total. The summed E-state index contributed by atoms with van der Waals surface area (Å²) >= 11 is 1.30. The SMILES string of the molecule is O=S(=O)(Nc1cccnc1)c1ccc(CNC2CC2)s1. The first kappa shape index (κ1) is 13.5. The van der Waals surface area contributed by atoms with Crippen LogP contribution in [0.1, 0.15) is 17.7 Å². The van der Waals surface area contributed by atoms with Crippen LogP contribution >= 0.6 is 11.3 Å². The van der Waals surface area contributed by atoms with E-state index in [1.54, 1.807) is 24.4 Å². The lowest BCUT2D eigenvalue weighted by atomic mass is 10.4. The van der Waals surface area contributed by atoms with Gasteiger partial charge in [-0.1, -0.05) is 0 Å². The van der Waals surface area contributed by atoms with Crippen molar-refractivity contribution in [3.63, 3.8) is 0 Å². The molecule has 0 spiro atoms. The average Bonchev–Trinajstić information content (AvgIpc) is 3.13. The van der Waals surface area contributed by atoms with Crippen molar-refractivity contribution in [3.8, 4) is 0 Å². The average molecular weight is 309 g/mol. The molecular formula is C13H15N3O2S2. The zero-order valence-corrected chi connectivity index (χ0v) is 12.4. The van der Waals surface area contributed by atoms with Crippen molar-refractivity contribution >= 4 is 27.0 Å². The van der Waals surface area contributed by atoms with Gasteiger partial charge in [-0.15, -0.1) is 11.3 Å². The summed E-state index contributed by atoms with van der Waals surface area (Å²) in [7, 11) is -3.51. The molecule has 0 bridgehead atoms. The first-order valence-corrected chi connectivity index (χ1v) is 8.68. The number of pyridine rings is 1. The fourth-order valence-electron chi connectivity index (χ4n) is 1.76. The lowest BCUT2D eigenvalue weighted by Crippen LogP contribution is -2.14. The highest BCUT2D eigenvalue weighted by atomic mass is 32.2. The topological polar surface area (TPSA) is 71.1 Å². The molecule has 0 amide bonds. The molecule has 20 heavy (non-hydrogen) atoms. The number of hydrogen-bond acceptors (Lipinski definition) is 5. The van der Waals surface area contributed by atoms with Crippen LogP contribution < -0.4 is 10.0 Å². The van der Waals surface area contributed by atoms with E-state index in [-0.39, 0.29) is 0 Å². The summed E-state index contributed by atoms with van der Waals surface area (Å²) in [6.07, 6.45) is 5.53. The maximum atomic E-state index is 12.2. The van der Waals surface area contributed by atoms with Crippen molar-refractivity contribution in [2.75, 3.05) is 4.72 Å². The van der Waals surface area contributed by atoms with Crippen molar-refractivity contribution in [1.29, 1.82) is 0 Å². The lowest BCUT2D eigenvalue weighted by Gasteiger charge is -2.05. The summed E-state index contributed by atoms with van der Waals surface area (Å²) in [5, 5.41) is 3.37. The van der Waals surface area contributed by atoms with E-state index >= 15 is 0 Å². The predicted molar refractivity (Wildman–Crippen MR) is 79.2 cm³/mol. The van der Waals surface area contributed by atoms with Crippen molar-refractivity contribution in [3.05, 3.63) is 41.5 Å². The second kappa shape index (κ2) is 5.51. The van der Waals surface area contributed by atoms with Gasteiger partial charge in [0.15, 0.2) is 0 Å². The largest absolute Gasteiger partial charge is 0.309 e. The Labute approximate surface area is 122 Å². The molecule has 1 aliphatic carbocycles. The third-order valence-corrected chi connectivity index (χ3v) is 5.92. The Hall–Kier alpha value is -1.44. The van der Waals surface area contributed by atoms with E-state index in [0.29, 0.717) is 15.9 Å². The van der Waals surface area contributed by atoms with Gasteiger partial charge in [-0.05, 0) is 37.1 Å². The molecule has 0 atom stereocenters. The minimum absolute atomic E-state index is 0.328. The van der Waals surface area contributed by atoms with Gasteiger partial charge in [0, 0.05) is 23.7 Å². The molecule has 0 saturated heterocycles. The summed E-state index contributed by atoms with van der Waals surface area (Å²) in [5.41, 5.74) is 0.471. The summed E-state index contributed by atoms with van der Waals surface area (Å²) < 4.78 is 27.3. The third kappa shape index (κ3) is 3.36. The summed E-state index contributed by atoms with van der Waals surface area (Å²) in [5.74, 6) is 0. The Bertz CT molecular complexity index is 679. The molecule has 2 aromatic rings. The zero-order valence-electron chi connectivity index (χ0n) is 10.7. The van der Waals surface area contributed by atoms with Crippen molar-refractivity contribution in [2.45, 2.75) is 29.6 Å². The van der Waals surface area contributed by atoms with Gasteiger partial charge in [0.1, 0.15) is 4.21 Å². The van der Waals surface area contributed by atoms with Crippen LogP contribution in [0.5, 0.6) is 0 Å². The van der Waals surface area contributed by atoms with Gasteiger partial charge in [0.25, 0.3) is 10.0 Å². The Morgan fingerprint density at radius 2 is 2.15 bits per heavy atom. The molecule has 1 aliphatic rings. The van der Waals surface area contributed by atoms with Crippen LogP contribution in [-0.2, 0) is 16.6 Å². The number of sulfonamides is 1. The Morgan fingerprint density at radius 1 is 1.30 bits per heavy atom. The molecule has 2 aromatic heterocycles. The van der Waals surface area contributed by atoms with Crippen LogP contribution in [0.4, 0.5) is 5.69 Å². The van der Waals surface area contributed by atoms with E-state index in [1.807, 2.05) is 6.07 Å². The van der Waals surface area contributed by atoms with Crippen LogP contribution in [0.15, 0.2) is 40.9 Å². The first-order chi connectivity index (χ1) is 9.63. The Morgan fingerprint density at radius 3 is 2.85 bits per heavy atom. The zero-order chi connectivity index (χ0) is 14.0. The quantitative estimate of drug-likeness (QED) is 0.858. The lowest BCUT2D eigenvalue weighted by molar-refractivity contribution is 0.603. The fourth-order valence-corrected chi connectivity index (χ4v) is 4.11. The summed E-state index contributed by atoms with van der Waals surface area (Å²) in [6.45, 7) is 0.734. The molecule has 3 rings (SSSR count). The van der Waals surface area contributed by atoms with Gasteiger partial charge in [-0.2, -0.15) is 0 Å². The van der Waals surface area contributed by atoms with Gasteiger partial charge < -0.3 is 5.32 Å². The molecule has 2 N–H and O–H groups in total. The van der Waals surface area contributed by atoms with Crippen molar-refractivity contribution < 1.29 is 8.42 Å². The molecule has 1 fully saturated rings. The van der Waals surface area contributed by atoms with E-state index < -0.39 is 10.0 Å². The first-order valence-electron chi connectivity index (χ1n) is 6.38. The highest BCUT2D eigenvalue weighted by molar-refractivity contribution is 7.94. The molecule has 0 aromatic carbocycles. The Balaban J connectivity index is 1.70. The van der Waals surface area contributed by atoms with Crippen molar-refractivity contribution in [2.24, 2.45) is 0 Å². The smallest absolute Gasteiger partial charge is 0.271 e. The monoisotopic (exact) mass is 309 g/mol. The fraction of sp³-hybridized carbons (Fsp3) is 0.308. The number of aromatic nitrogens is 1. The van der Waals surface area contributed by atoms with Gasteiger partial charge in [0.05, 0.1) is 11.9 Å². The van der Waals surface area contributed by atoms with Gasteiger partial charge in [-0.3, -0.25) is 9.71 Å². The molecule has 0 aliphatic heterocycles. The molecular weight excluding hydrogens is 294 g/mol. The number of hydrogen-bond donors (Lipinski definition) is 2. The molecule has 2 heterocycles. The maximum Gasteiger partial charge on any atom is 0.271 e. The van der Waals surface area contributed by atoms with E-state index in [2.05, 4.69) is 15.0 Å². The number of rotatable bonds is 6. The maximum absolute atomic E-state index is 12.2.